The van der Waals surface area contributed by atoms with Gasteiger partial charge < -0.3 is 11.1 Å². The molecule has 0 saturated carbocycles. The maximum absolute atomic E-state index is 11.8. The topological polar surface area (TPSA) is 80.9 Å². The zero-order valence-electron chi connectivity index (χ0n) is 10.8. The summed E-state index contributed by atoms with van der Waals surface area (Å²) >= 11 is 0. The van der Waals surface area contributed by atoms with Gasteiger partial charge in [0.2, 0.25) is 5.91 Å². The summed E-state index contributed by atoms with van der Waals surface area (Å²) in [6.45, 7) is 7.62. The average Bonchev–Trinajstić information content (AvgIpc) is 2.25. The van der Waals surface area contributed by atoms with Crippen LogP contribution in [0.15, 0.2) is 6.07 Å². The molecule has 0 aliphatic heterocycles. The lowest BCUT2D eigenvalue weighted by Crippen LogP contribution is -2.40. The van der Waals surface area contributed by atoms with Crippen LogP contribution >= 0.6 is 0 Å². The van der Waals surface area contributed by atoms with E-state index in [-0.39, 0.29) is 11.8 Å². The second-order valence-electron chi connectivity index (χ2n) is 4.34. The molecule has 5 nitrogen and oxygen atoms in total. The molecular weight excluding hydrogens is 216 g/mol. The number of anilines is 1. The number of carbonyl (C=O) groups is 1. The highest BCUT2D eigenvalue weighted by molar-refractivity contribution is 5.94. The van der Waals surface area contributed by atoms with Gasteiger partial charge in [0.25, 0.3) is 0 Å². The predicted octanol–water partition coefficient (Wildman–Crippen LogP) is 1.41. The number of carbonyl (C=O) groups excluding carboxylic acids is 1. The van der Waals surface area contributed by atoms with Gasteiger partial charge in [-0.25, -0.2) is 9.97 Å². The molecular formula is C12H20N4O. The molecule has 5 heteroatoms. The molecule has 0 saturated heterocycles. The van der Waals surface area contributed by atoms with Crippen molar-refractivity contribution in [2.45, 2.75) is 40.2 Å². The number of aromatic nitrogens is 2. The lowest BCUT2D eigenvalue weighted by Gasteiger charge is -2.17. The van der Waals surface area contributed by atoms with Gasteiger partial charge in [-0.1, -0.05) is 20.3 Å². The third-order valence-electron chi connectivity index (χ3n) is 2.78. The third kappa shape index (κ3) is 3.78. The van der Waals surface area contributed by atoms with E-state index in [9.17, 15) is 4.79 Å². The van der Waals surface area contributed by atoms with Gasteiger partial charge >= 0.3 is 0 Å². The zero-order valence-corrected chi connectivity index (χ0v) is 10.8. The molecule has 1 amide bonds. The Kier molecular flexibility index (Phi) is 4.57. The van der Waals surface area contributed by atoms with Crippen LogP contribution in [0.25, 0.3) is 0 Å². The van der Waals surface area contributed by atoms with Crippen molar-refractivity contribution in [3.63, 3.8) is 0 Å². The van der Waals surface area contributed by atoms with Gasteiger partial charge in [0, 0.05) is 11.8 Å². The summed E-state index contributed by atoms with van der Waals surface area (Å²) in [6, 6.07) is 1.23. The number of nitrogens with two attached hydrogens (primary N) is 1. The Morgan fingerprint density at radius 1 is 1.47 bits per heavy atom. The molecule has 2 atom stereocenters. The van der Waals surface area contributed by atoms with E-state index in [4.69, 9.17) is 5.73 Å². The van der Waals surface area contributed by atoms with Crippen LogP contribution in [0.3, 0.4) is 0 Å². The second-order valence-corrected chi connectivity index (χ2v) is 4.34. The van der Waals surface area contributed by atoms with Gasteiger partial charge in [0.05, 0.1) is 6.04 Å². The lowest BCUT2D eigenvalue weighted by molar-refractivity contribution is -0.118. The first kappa shape index (κ1) is 13.6. The number of hydrogen-bond acceptors (Lipinski definition) is 4. The van der Waals surface area contributed by atoms with Gasteiger partial charge in [0.15, 0.2) is 0 Å². The van der Waals surface area contributed by atoms with Crippen LogP contribution in [0, 0.1) is 19.8 Å². The van der Waals surface area contributed by atoms with Crippen LogP contribution < -0.4 is 11.1 Å². The summed E-state index contributed by atoms with van der Waals surface area (Å²) in [5.41, 5.74) is 6.66. The number of rotatable bonds is 4. The fourth-order valence-electron chi connectivity index (χ4n) is 1.50. The molecule has 0 bridgehead atoms. The molecule has 1 aromatic rings. The molecule has 1 rings (SSSR count). The molecule has 0 aliphatic rings. The van der Waals surface area contributed by atoms with Crippen LogP contribution in [0.4, 0.5) is 5.82 Å². The minimum Gasteiger partial charge on any atom is -0.320 e. The zero-order chi connectivity index (χ0) is 13.0. The molecule has 17 heavy (non-hydrogen) atoms. The predicted molar refractivity (Wildman–Crippen MR) is 67.6 cm³/mol. The van der Waals surface area contributed by atoms with Crippen molar-refractivity contribution in [3.8, 4) is 0 Å². The number of amides is 1. The van der Waals surface area contributed by atoms with Crippen LogP contribution in [0.2, 0.25) is 0 Å². The maximum atomic E-state index is 11.8. The lowest BCUT2D eigenvalue weighted by atomic mass is 9.99. The van der Waals surface area contributed by atoms with Gasteiger partial charge in [-0.2, -0.15) is 0 Å². The normalized spacial score (nSPS) is 14.2. The van der Waals surface area contributed by atoms with E-state index in [2.05, 4.69) is 15.3 Å². The van der Waals surface area contributed by atoms with Crippen molar-refractivity contribution in [2.24, 2.45) is 11.7 Å². The quantitative estimate of drug-likeness (QED) is 0.828. The Morgan fingerprint density at radius 3 is 2.65 bits per heavy atom. The minimum absolute atomic E-state index is 0.152. The summed E-state index contributed by atoms with van der Waals surface area (Å²) in [4.78, 5) is 20.1. The monoisotopic (exact) mass is 236 g/mol. The molecule has 0 aromatic carbocycles. The Morgan fingerprint density at radius 2 is 2.12 bits per heavy atom. The molecule has 1 heterocycles. The third-order valence-corrected chi connectivity index (χ3v) is 2.78. The fraction of sp³-hybridized carbons (Fsp3) is 0.583. The van der Waals surface area contributed by atoms with Gasteiger partial charge in [-0.3, -0.25) is 4.79 Å². The van der Waals surface area contributed by atoms with Gasteiger partial charge in [-0.15, -0.1) is 0 Å². The molecule has 94 valence electrons. The maximum Gasteiger partial charge on any atom is 0.242 e. The Hall–Kier alpha value is -1.49. The smallest absolute Gasteiger partial charge is 0.242 e. The van der Waals surface area contributed by atoms with Gasteiger partial charge in [0.1, 0.15) is 11.6 Å². The Labute approximate surface area is 102 Å². The van der Waals surface area contributed by atoms with Crippen molar-refractivity contribution >= 4 is 11.7 Å². The molecule has 0 aliphatic carbocycles. The molecule has 3 N–H and O–H groups in total. The second kappa shape index (κ2) is 5.72. The molecule has 0 spiro atoms. The van der Waals surface area contributed by atoms with Crippen LogP contribution in [0.5, 0.6) is 0 Å². The van der Waals surface area contributed by atoms with Crippen LogP contribution in [-0.4, -0.2) is 21.9 Å². The Bertz CT molecular complexity index is 385. The Balaban J connectivity index is 2.74. The van der Waals surface area contributed by atoms with Crippen molar-refractivity contribution in [3.05, 3.63) is 17.6 Å². The largest absolute Gasteiger partial charge is 0.320 e. The van der Waals surface area contributed by atoms with E-state index in [1.165, 1.54) is 0 Å². The van der Waals surface area contributed by atoms with E-state index in [0.29, 0.717) is 11.6 Å². The first-order chi connectivity index (χ1) is 7.93. The van der Waals surface area contributed by atoms with Crippen molar-refractivity contribution in [1.29, 1.82) is 0 Å². The van der Waals surface area contributed by atoms with E-state index < -0.39 is 6.04 Å². The molecule has 0 fully saturated rings. The highest BCUT2D eigenvalue weighted by Gasteiger charge is 2.19. The number of aryl methyl sites for hydroxylation is 2. The molecule has 1 aromatic heterocycles. The fourth-order valence-corrected chi connectivity index (χ4v) is 1.50. The number of hydrogen-bond donors (Lipinski definition) is 2. The van der Waals surface area contributed by atoms with Gasteiger partial charge in [-0.05, 0) is 19.8 Å². The first-order valence-electron chi connectivity index (χ1n) is 5.82. The van der Waals surface area contributed by atoms with Crippen molar-refractivity contribution < 1.29 is 4.79 Å². The van der Waals surface area contributed by atoms with Crippen LogP contribution in [0.1, 0.15) is 31.8 Å². The standard InChI is InChI=1S/C12H20N4O/c1-5-7(2)11(13)12(17)16-10-6-8(3)14-9(4)15-10/h6-7,11H,5,13H2,1-4H3,(H,14,15,16,17)/t7-,11-/m0/s1. The summed E-state index contributed by atoms with van der Waals surface area (Å²) in [5, 5.41) is 2.72. The van der Waals surface area contributed by atoms with E-state index in [1.807, 2.05) is 20.8 Å². The van der Waals surface area contributed by atoms with E-state index in [0.717, 1.165) is 12.1 Å². The number of nitrogens with zero attached hydrogens (tertiary/aromatic N) is 2. The summed E-state index contributed by atoms with van der Waals surface area (Å²) in [7, 11) is 0. The minimum atomic E-state index is -0.504. The molecule has 0 unspecified atom stereocenters. The summed E-state index contributed by atoms with van der Waals surface area (Å²) < 4.78 is 0. The number of nitrogens with one attached hydrogen (secondary N) is 1. The highest BCUT2D eigenvalue weighted by atomic mass is 16.2. The SMILES string of the molecule is CC[C@H](C)[C@H](N)C(=O)Nc1cc(C)nc(C)n1. The van der Waals surface area contributed by atoms with Crippen LogP contribution in [-0.2, 0) is 4.79 Å². The summed E-state index contributed by atoms with van der Waals surface area (Å²) in [5.74, 6) is 1.10. The molecule has 0 radical (unpaired) electrons. The van der Waals surface area contributed by atoms with E-state index >= 15 is 0 Å². The van der Waals surface area contributed by atoms with E-state index in [1.54, 1.807) is 13.0 Å². The average molecular weight is 236 g/mol. The van der Waals surface area contributed by atoms with Crippen molar-refractivity contribution in [2.75, 3.05) is 5.32 Å². The first-order valence-corrected chi connectivity index (χ1v) is 5.82. The summed E-state index contributed by atoms with van der Waals surface area (Å²) in [6.07, 6.45) is 0.871. The highest BCUT2D eigenvalue weighted by Crippen LogP contribution is 2.10. The van der Waals surface area contributed by atoms with Crippen molar-refractivity contribution in [1.82, 2.24) is 9.97 Å².